The molecule has 0 spiro atoms. The molecule has 0 aromatic heterocycles. The Morgan fingerprint density at radius 1 is 1.25 bits per heavy atom. The van der Waals surface area contributed by atoms with Crippen molar-refractivity contribution in [1.29, 1.82) is 0 Å². The van der Waals surface area contributed by atoms with E-state index in [1.165, 1.54) is 11.1 Å². The van der Waals surface area contributed by atoms with Gasteiger partial charge in [-0.05, 0) is 42.9 Å². The average molecular weight is 272 g/mol. The summed E-state index contributed by atoms with van der Waals surface area (Å²) in [6, 6.07) is 6.86. The topological polar surface area (TPSA) is 32.3 Å². The smallest absolute Gasteiger partial charge is 0.227 e. The van der Waals surface area contributed by atoms with Crippen LogP contribution in [-0.4, -0.2) is 16.8 Å². The molecule has 1 aliphatic heterocycles. The van der Waals surface area contributed by atoms with Crippen molar-refractivity contribution in [3.63, 3.8) is 0 Å². The average Bonchev–Trinajstić information content (AvgIpc) is 3.17. The van der Waals surface area contributed by atoms with Crippen LogP contribution in [0.4, 0.5) is 5.69 Å². The van der Waals surface area contributed by atoms with E-state index in [0.29, 0.717) is 12.0 Å². The lowest BCUT2D eigenvalue weighted by molar-refractivity contribution is -0.117. The van der Waals surface area contributed by atoms with Crippen LogP contribution in [0.1, 0.15) is 44.7 Å². The summed E-state index contributed by atoms with van der Waals surface area (Å²) in [6.45, 7) is 8.78. The molecule has 1 heterocycles. The van der Waals surface area contributed by atoms with Crippen molar-refractivity contribution >= 4 is 11.6 Å². The van der Waals surface area contributed by atoms with Crippen LogP contribution in [0.25, 0.3) is 0 Å². The molecule has 0 radical (unpaired) electrons. The van der Waals surface area contributed by atoms with E-state index in [1.54, 1.807) is 0 Å². The molecule has 108 valence electrons. The SMILES string of the molecule is CC(C)[C@H](C)N1Cc2cccc(NC(=O)C3CC3)c2C1. The second-order valence-corrected chi connectivity index (χ2v) is 6.60. The molecule has 20 heavy (non-hydrogen) atoms. The summed E-state index contributed by atoms with van der Waals surface area (Å²) in [5.41, 5.74) is 3.71. The number of amides is 1. The fourth-order valence-electron chi connectivity index (χ4n) is 2.85. The molecule has 0 saturated heterocycles. The van der Waals surface area contributed by atoms with Crippen molar-refractivity contribution in [1.82, 2.24) is 4.90 Å². The van der Waals surface area contributed by atoms with Gasteiger partial charge in [-0.2, -0.15) is 0 Å². The van der Waals surface area contributed by atoms with Gasteiger partial charge in [0.2, 0.25) is 5.91 Å². The standard InChI is InChI=1S/C17H24N2O/c1-11(2)12(3)19-9-14-5-4-6-16(15(14)10-19)18-17(20)13-7-8-13/h4-6,11-13H,7-10H2,1-3H3,(H,18,20)/t12-/m0/s1. The molecule has 3 nitrogen and oxygen atoms in total. The van der Waals surface area contributed by atoms with E-state index < -0.39 is 0 Å². The van der Waals surface area contributed by atoms with Crippen LogP contribution in [0.5, 0.6) is 0 Å². The molecule has 2 aliphatic rings. The van der Waals surface area contributed by atoms with Gasteiger partial charge in [-0.3, -0.25) is 9.69 Å². The van der Waals surface area contributed by atoms with Gasteiger partial charge in [-0.1, -0.05) is 26.0 Å². The monoisotopic (exact) mass is 272 g/mol. The summed E-state index contributed by atoms with van der Waals surface area (Å²) in [7, 11) is 0. The van der Waals surface area contributed by atoms with Gasteiger partial charge in [0.1, 0.15) is 0 Å². The molecule has 1 aliphatic carbocycles. The molecule has 1 N–H and O–H groups in total. The van der Waals surface area contributed by atoms with E-state index in [0.717, 1.165) is 31.6 Å². The van der Waals surface area contributed by atoms with Gasteiger partial charge in [0, 0.05) is 30.7 Å². The van der Waals surface area contributed by atoms with Crippen molar-refractivity contribution in [3.05, 3.63) is 29.3 Å². The molecule has 1 fully saturated rings. The van der Waals surface area contributed by atoms with E-state index in [4.69, 9.17) is 0 Å². The minimum atomic E-state index is 0.203. The lowest BCUT2D eigenvalue weighted by Gasteiger charge is -2.27. The van der Waals surface area contributed by atoms with Crippen molar-refractivity contribution in [3.8, 4) is 0 Å². The van der Waals surface area contributed by atoms with E-state index >= 15 is 0 Å². The zero-order chi connectivity index (χ0) is 14.3. The van der Waals surface area contributed by atoms with E-state index in [9.17, 15) is 4.79 Å². The normalized spacial score (nSPS) is 20.0. The Labute approximate surface area is 121 Å². The Hall–Kier alpha value is -1.35. The van der Waals surface area contributed by atoms with E-state index in [-0.39, 0.29) is 11.8 Å². The molecule has 0 unspecified atom stereocenters. The molecule has 1 aromatic rings. The van der Waals surface area contributed by atoms with Crippen molar-refractivity contribution < 1.29 is 4.79 Å². The lowest BCUT2D eigenvalue weighted by Crippen LogP contribution is -2.32. The summed E-state index contributed by atoms with van der Waals surface area (Å²) < 4.78 is 0. The first kappa shape index (κ1) is 13.6. The van der Waals surface area contributed by atoms with Gasteiger partial charge >= 0.3 is 0 Å². The van der Waals surface area contributed by atoms with Crippen molar-refractivity contribution in [2.45, 2.75) is 52.7 Å². The van der Waals surface area contributed by atoms with Gasteiger partial charge in [0.25, 0.3) is 0 Å². The number of hydrogen-bond acceptors (Lipinski definition) is 2. The van der Waals surface area contributed by atoms with Gasteiger partial charge < -0.3 is 5.32 Å². The molecular formula is C17H24N2O. The Balaban J connectivity index is 1.77. The predicted octanol–water partition coefficient (Wildman–Crippen LogP) is 3.40. The lowest BCUT2D eigenvalue weighted by atomic mass is 10.1. The third kappa shape index (κ3) is 2.59. The second-order valence-electron chi connectivity index (χ2n) is 6.60. The number of anilines is 1. The molecule has 1 aromatic carbocycles. The summed E-state index contributed by atoms with van der Waals surface area (Å²) in [6.07, 6.45) is 2.11. The molecule has 1 amide bonds. The number of fused-ring (bicyclic) bond motifs is 1. The maximum absolute atomic E-state index is 12.0. The number of benzene rings is 1. The Morgan fingerprint density at radius 3 is 2.65 bits per heavy atom. The highest BCUT2D eigenvalue weighted by Gasteiger charge is 2.31. The number of hydrogen-bond donors (Lipinski definition) is 1. The number of nitrogens with one attached hydrogen (secondary N) is 1. The predicted molar refractivity (Wildman–Crippen MR) is 81.3 cm³/mol. The molecular weight excluding hydrogens is 248 g/mol. The first-order valence-electron chi connectivity index (χ1n) is 7.72. The van der Waals surface area contributed by atoms with Crippen LogP contribution >= 0.6 is 0 Å². The van der Waals surface area contributed by atoms with Crippen LogP contribution in [0, 0.1) is 11.8 Å². The Bertz CT molecular complexity index is 520. The van der Waals surface area contributed by atoms with Gasteiger partial charge in [0.15, 0.2) is 0 Å². The Morgan fingerprint density at radius 2 is 2.00 bits per heavy atom. The van der Waals surface area contributed by atoms with E-state index in [2.05, 4.69) is 43.1 Å². The summed E-state index contributed by atoms with van der Waals surface area (Å²) in [5, 5.41) is 3.13. The van der Waals surface area contributed by atoms with Crippen molar-refractivity contribution in [2.24, 2.45) is 11.8 Å². The first-order chi connectivity index (χ1) is 9.56. The second kappa shape index (κ2) is 5.21. The van der Waals surface area contributed by atoms with Gasteiger partial charge in [-0.15, -0.1) is 0 Å². The quantitative estimate of drug-likeness (QED) is 0.911. The molecule has 1 saturated carbocycles. The van der Waals surface area contributed by atoms with Crippen LogP contribution < -0.4 is 5.32 Å². The highest BCUT2D eigenvalue weighted by Crippen LogP contribution is 2.34. The van der Waals surface area contributed by atoms with Crippen LogP contribution in [0.2, 0.25) is 0 Å². The third-order valence-corrected chi connectivity index (χ3v) is 4.75. The zero-order valence-corrected chi connectivity index (χ0v) is 12.6. The molecule has 0 bridgehead atoms. The zero-order valence-electron chi connectivity index (χ0n) is 12.6. The number of carbonyl (C=O) groups excluding carboxylic acids is 1. The third-order valence-electron chi connectivity index (χ3n) is 4.75. The highest BCUT2D eigenvalue weighted by atomic mass is 16.2. The minimum absolute atomic E-state index is 0.203. The number of carbonyl (C=O) groups is 1. The highest BCUT2D eigenvalue weighted by molar-refractivity contribution is 5.94. The fraction of sp³-hybridized carbons (Fsp3) is 0.588. The van der Waals surface area contributed by atoms with Gasteiger partial charge in [0.05, 0.1) is 0 Å². The number of rotatable bonds is 4. The van der Waals surface area contributed by atoms with Gasteiger partial charge in [-0.25, -0.2) is 0 Å². The summed E-state index contributed by atoms with van der Waals surface area (Å²) in [4.78, 5) is 14.5. The summed E-state index contributed by atoms with van der Waals surface area (Å²) >= 11 is 0. The maximum atomic E-state index is 12.0. The first-order valence-corrected chi connectivity index (χ1v) is 7.72. The van der Waals surface area contributed by atoms with Crippen LogP contribution in [-0.2, 0) is 17.9 Å². The van der Waals surface area contributed by atoms with Crippen LogP contribution in [0.15, 0.2) is 18.2 Å². The summed E-state index contributed by atoms with van der Waals surface area (Å²) in [5.74, 6) is 1.11. The van der Waals surface area contributed by atoms with Crippen molar-refractivity contribution in [2.75, 3.05) is 5.32 Å². The molecule has 3 rings (SSSR count). The van der Waals surface area contributed by atoms with Crippen LogP contribution in [0.3, 0.4) is 0 Å². The fourth-order valence-corrected chi connectivity index (χ4v) is 2.85. The number of nitrogens with zero attached hydrogens (tertiary/aromatic N) is 1. The van der Waals surface area contributed by atoms with E-state index in [1.807, 2.05) is 6.07 Å². The maximum Gasteiger partial charge on any atom is 0.227 e. The molecule has 3 heteroatoms. The largest absolute Gasteiger partial charge is 0.326 e. The molecule has 1 atom stereocenters. The minimum Gasteiger partial charge on any atom is -0.326 e. The Kier molecular flexibility index (Phi) is 3.55.